The summed E-state index contributed by atoms with van der Waals surface area (Å²) in [6, 6.07) is 24.4. The third-order valence-corrected chi connectivity index (χ3v) is 6.33. The lowest BCUT2D eigenvalue weighted by atomic mass is 9.97. The van der Waals surface area contributed by atoms with Gasteiger partial charge >= 0.3 is 6.03 Å². The molecule has 33 heavy (non-hydrogen) atoms. The Balaban J connectivity index is 1.37. The molecule has 1 fully saturated rings. The number of carbonyl (C=O) groups excluding carboxylic acids is 1. The van der Waals surface area contributed by atoms with Crippen molar-refractivity contribution in [3.8, 4) is 11.3 Å². The molecule has 4 aromatic rings. The molecule has 0 aliphatic carbocycles. The number of piperidine rings is 1. The van der Waals surface area contributed by atoms with Gasteiger partial charge in [-0.2, -0.15) is 0 Å². The molecule has 1 unspecified atom stereocenters. The van der Waals surface area contributed by atoms with E-state index in [0.29, 0.717) is 6.54 Å². The topological polar surface area (TPSA) is 52.9 Å². The zero-order valence-electron chi connectivity index (χ0n) is 19.1. The van der Waals surface area contributed by atoms with Gasteiger partial charge in [0.1, 0.15) is 5.82 Å². The number of nitrogens with one attached hydrogen (secondary N) is 1. The number of rotatable bonds is 4. The van der Waals surface area contributed by atoms with Crippen molar-refractivity contribution in [2.24, 2.45) is 0 Å². The van der Waals surface area contributed by atoms with Crippen molar-refractivity contribution in [3.05, 3.63) is 84.8 Å². The van der Waals surface area contributed by atoms with Crippen LogP contribution in [0.3, 0.4) is 0 Å². The lowest BCUT2D eigenvalue weighted by Crippen LogP contribution is -2.42. The van der Waals surface area contributed by atoms with Gasteiger partial charge < -0.3 is 19.5 Å². The second kappa shape index (κ2) is 8.98. The molecule has 0 saturated carbocycles. The fourth-order valence-electron chi connectivity index (χ4n) is 4.58. The van der Waals surface area contributed by atoms with Gasteiger partial charge in [-0.05, 0) is 49.2 Å². The van der Waals surface area contributed by atoms with Gasteiger partial charge in [0.2, 0.25) is 0 Å². The van der Waals surface area contributed by atoms with Crippen LogP contribution in [0.1, 0.15) is 24.6 Å². The number of urea groups is 1. The number of hydrogen-bond acceptors (Lipinski definition) is 3. The molecule has 0 bridgehead atoms. The van der Waals surface area contributed by atoms with Crippen molar-refractivity contribution >= 4 is 22.9 Å². The summed E-state index contributed by atoms with van der Waals surface area (Å²) in [5.41, 5.74) is 5.12. The van der Waals surface area contributed by atoms with Gasteiger partial charge in [0.15, 0.2) is 0 Å². The molecule has 3 heterocycles. The Labute approximate surface area is 194 Å². The standard InChI is InChI=1S/C27H29N5O/c1-30(2)23-15-13-22(14-16-23)28-27(33)31-17-8-11-21(19-31)26-29-25(20-9-4-3-5-10-20)24-12-6-7-18-32(24)26/h3-7,9-10,12-16,18,21H,8,11,17,19H2,1-2H3,(H,28,33). The minimum Gasteiger partial charge on any atom is -0.378 e. The first kappa shape index (κ1) is 21.1. The van der Waals surface area contributed by atoms with Gasteiger partial charge in [-0.25, -0.2) is 9.78 Å². The lowest BCUT2D eigenvalue weighted by Gasteiger charge is -2.32. The highest BCUT2D eigenvalue weighted by Crippen LogP contribution is 2.32. The van der Waals surface area contributed by atoms with Crippen molar-refractivity contribution in [1.29, 1.82) is 0 Å². The second-order valence-electron chi connectivity index (χ2n) is 8.80. The van der Waals surface area contributed by atoms with Crippen molar-refractivity contribution in [2.45, 2.75) is 18.8 Å². The molecule has 168 valence electrons. The van der Waals surface area contributed by atoms with Crippen LogP contribution in [0.5, 0.6) is 0 Å². The minimum absolute atomic E-state index is 0.0542. The van der Waals surface area contributed by atoms with E-state index in [0.717, 1.165) is 53.4 Å². The van der Waals surface area contributed by atoms with Crippen LogP contribution in [-0.4, -0.2) is 47.5 Å². The predicted octanol–water partition coefficient (Wildman–Crippen LogP) is 5.48. The van der Waals surface area contributed by atoms with Crippen LogP contribution in [0.2, 0.25) is 0 Å². The number of hydrogen-bond donors (Lipinski definition) is 1. The largest absolute Gasteiger partial charge is 0.378 e. The Morgan fingerprint density at radius 1 is 1.00 bits per heavy atom. The summed E-state index contributed by atoms with van der Waals surface area (Å²) in [5, 5.41) is 3.06. The number of aromatic nitrogens is 2. The number of likely N-dealkylation sites (tertiary alicyclic amines) is 1. The maximum atomic E-state index is 13.0. The second-order valence-corrected chi connectivity index (χ2v) is 8.80. The molecule has 0 spiro atoms. The van der Waals surface area contributed by atoms with Crippen LogP contribution in [-0.2, 0) is 0 Å². The maximum absolute atomic E-state index is 13.0. The lowest BCUT2D eigenvalue weighted by molar-refractivity contribution is 0.191. The van der Waals surface area contributed by atoms with Crippen molar-refractivity contribution < 1.29 is 4.79 Å². The van der Waals surface area contributed by atoms with E-state index in [1.165, 1.54) is 0 Å². The summed E-state index contributed by atoms with van der Waals surface area (Å²) in [5.74, 6) is 1.21. The highest BCUT2D eigenvalue weighted by molar-refractivity contribution is 5.89. The Hall–Kier alpha value is -3.80. The number of carbonyl (C=O) groups is 1. The molecule has 2 aromatic carbocycles. The average molecular weight is 440 g/mol. The molecule has 6 nitrogen and oxygen atoms in total. The number of nitrogens with zero attached hydrogens (tertiary/aromatic N) is 4. The van der Waals surface area contributed by atoms with Gasteiger partial charge in [0.25, 0.3) is 0 Å². The van der Waals surface area contributed by atoms with Crippen molar-refractivity contribution in [2.75, 3.05) is 37.4 Å². The van der Waals surface area contributed by atoms with E-state index in [-0.39, 0.29) is 11.9 Å². The summed E-state index contributed by atoms with van der Waals surface area (Å²) < 4.78 is 2.19. The first-order valence-corrected chi connectivity index (χ1v) is 11.5. The van der Waals surface area contributed by atoms with Gasteiger partial charge in [-0.1, -0.05) is 36.4 Å². The molecule has 2 aromatic heterocycles. The number of pyridine rings is 1. The van der Waals surface area contributed by atoms with Crippen LogP contribution in [0.4, 0.5) is 16.2 Å². The first-order valence-electron chi connectivity index (χ1n) is 11.5. The molecule has 1 aliphatic heterocycles. The summed E-state index contributed by atoms with van der Waals surface area (Å²) in [7, 11) is 4.01. The molecule has 6 heteroatoms. The van der Waals surface area contributed by atoms with E-state index in [1.807, 2.05) is 72.4 Å². The molecule has 2 amide bonds. The SMILES string of the molecule is CN(C)c1ccc(NC(=O)N2CCCC(c3nc(-c4ccccc4)c4ccccn34)C2)cc1. The molecular weight excluding hydrogens is 410 g/mol. The normalized spacial score (nSPS) is 16.1. The molecule has 1 atom stereocenters. The van der Waals surface area contributed by atoms with Crippen LogP contribution >= 0.6 is 0 Å². The van der Waals surface area contributed by atoms with E-state index >= 15 is 0 Å². The molecule has 1 saturated heterocycles. The van der Waals surface area contributed by atoms with Crippen LogP contribution in [0.25, 0.3) is 16.8 Å². The summed E-state index contributed by atoms with van der Waals surface area (Å²) in [6.07, 6.45) is 4.05. The number of benzene rings is 2. The fourth-order valence-corrected chi connectivity index (χ4v) is 4.58. The monoisotopic (exact) mass is 439 g/mol. The molecule has 5 rings (SSSR count). The fraction of sp³-hybridized carbons (Fsp3) is 0.259. The van der Waals surface area contributed by atoms with Crippen LogP contribution in [0.15, 0.2) is 79.0 Å². The molecular formula is C27H29N5O. The van der Waals surface area contributed by atoms with E-state index < -0.39 is 0 Å². The van der Waals surface area contributed by atoms with Crippen molar-refractivity contribution in [3.63, 3.8) is 0 Å². The third kappa shape index (κ3) is 4.29. The van der Waals surface area contributed by atoms with E-state index in [2.05, 4.69) is 40.2 Å². The summed E-state index contributed by atoms with van der Waals surface area (Å²) in [6.45, 7) is 1.41. The minimum atomic E-state index is -0.0542. The Bertz CT molecular complexity index is 1250. The number of amides is 2. The smallest absolute Gasteiger partial charge is 0.321 e. The van der Waals surface area contributed by atoms with E-state index in [1.54, 1.807) is 0 Å². The maximum Gasteiger partial charge on any atom is 0.321 e. The molecule has 1 aliphatic rings. The Morgan fingerprint density at radius 3 is 2.52 bits per heavy atom. The Kier molecular flexibility index (Phi) is 5.73. The third-order valence-electron chi connectivity index (χ3n) is 6.33. The van der Waals surface area contributed by atoms with E-state index in [4.69, 9.17) is 4.98 Å². The number of fused-ring (bicyclic) bond motifs is 1. The zero-order chi connectivity index (χ0) is 22.8. The average Bonchev–Trinajstić information content (AvgIpc) is 3.25. The van der Waals surface area contributed by atoms with Gasteiger partial charge in [0.05, 0.1) is 11.2 Å². The van der Waals surface area contributed by atoms with Gasteiger partial charge in [-0.3, -0.25) is 0 Å². The Morgan fingerprint density at radius 2 is 1.76 bits per heavy atom. The first-order chi connectivity index (χ1) is 16.1. The highest BCUT2D eigenvalue weighted by atomic mass is 16.2. The highest BCUT2D eigenvalue weighted by Gasteiger charge is 2.28. The number of anilines is 2. The van der Waals surface area contributed by atoms with Gasteiger partial charge in [0, 0.05) is 56.2 Å². The quantitative estimate of drug-likeness (QED) is 0.458. The number of imidazole rings is 1. The van der Waals surface area contributed by atoms with Gasteiger partial charge in [-0.15, -0.1) is 0 Å². The molecule has 1 N–H and O–H groups in total. The van der Waals surface area contributed by atoms with Crippen LogP contribution in [0, 0.1) is 0 Å². The molecule has 0 radical (unpaired) electrons. The zero-order valence-corrected chi connectivity index (χ0v) is 19.1. The summed E-state index contributed by atoms with van der Waals surface area (Å²) in [4.78, 5) is 22.1. The van der Waals surface area contributed by atoms with E-state index in [9.17, 15) is 4.79 Å². The van der Waals surface area contributed by atoms with Crippen LogP contribution < -0.4 is 10.2 Å². The summed E-state index contributed by atoms with van der Waals surface area (Å²) >= 11 is 0. The predicted molar refractivity (Wildman–Crippen MR) is 134 cm³/mol. The van der Waals surface area contributed by atoms with Crippen molar-refractivity contribution in [1.82, 2.24) is 14.3 Å².